The number of anilines is 1. The van der Waals surface area contributed by atoms with Crippen LogP contribution in [0, 0.1) is 10.1 Å². The molecule has 0 aliphatic heterocycles. The summed E-state index contributed by atoms with van der Waals surface area (Å²) in [4.78, 5) is 32.5. The maximum absolute atomic E-state index is 11.8. The Kier molecular flexibility index (Phi) is 4.95. The molecule has 9 heteroatoms. The Morgan fingerprint density at radius 3 is 2.38 bits per heavy atom. The van der Waals surface area contributed by atoms with Gasteiger partial charge in [0.25, 0.3) is 11.6 Å². The van der Waals surface area contributed by atoms with Gasteiger partial charge in [0.05, 0.1) is 16.2 Å². The number of hydrogen-bond donors (Lipinski definition) is 3. The number of aromatic hydroxyl groups is 1. The van der Waals surface area contributed by atoms with Crippen LogP contribution in [0.25, 0.3) is 0 Å². The normalized spacial score (nSPS) is 10.0. The standard InChI is InChI=1S/C15H12N2O7/c18-13-7-9(15(20)21)1-6-12(13)16-14(19)8-24-11-4-2-10(3-5-11)17(22)23/h1-7,18H,8H2,(H,16,19)(H,20,21). The van der Waals surface area contributed by atoms with Crippen LogP contribution in [-0.2, 0) is 4.79 Å². The summed E-state index contributed by atoms with van der Waals surface area (Å²) in [6.07, 6.45) is 0. The molecule has 9 nitrogen and oxygen atoms in total. The third-order valence-electron chi connectivity index (χ3n) is 2.94. The topological polar surface area (TPSA) is 139 Å². The van der Waals surface area contributed by atoms with E-state index in [0.29, 0.717) is 0 Å². The van der Waals surface area contributed by atoms with E-state index in [4.69, 9.17) is 9.84 Å². The van der Waals surface area contributed by atoms with Crippen LogP contribution in [0.5, 0.6) is 11.5 Å². The number of nitro benzene ring substituents is 1. The van der Waals surface area contributed by atoms with E-state index in [0.717, 1.165) is 6.07 Å². The number of carboxylic acids is 1. The van der Waals surface area contributed by atoms with E-state index in [1.54, 1.807) is 0 Å². The van der Waals surface area contributed by atoms with Crippen LogP contribution >= 0.6 is 0 Å². The summed E-state index contributed by atoms with van der Waals surface area (Å²) < 4.78 is 5.17. The largest absolute Gasteiger partial charge is 0.506 e. The molecule has 0 spiro atoms. The third kappa shape index (κ3) is 4.19. The van der Waals surface area contributed by atoms with Crippen LogP contribution in [0.3, 0.4) is 0 Å². The first-order valence-electron chi connectivity index (χ1n) is 6.60. The molecule has 0 bridgehead atoms. The molecule has 3 N–H and O–H groups in total. The molecule has 2 rings (SSSR count). The van der Waals surface area contributed by atoms with Crippen LogP contribution in [0.15, 0.2) is 42.5 Å². The van der Waals surface area contributed by atoms with E-state index in [-0.39, 0.29) is 22.7 Å². The number of hydrogen-bond acceptors (Lipinski definition) is 6. The number of nitrogens with one attached hydrogen (secondary N) is 1. The van der Waals surface area contributed by atoms with Crippen LogP contribution in [0.1, 0.15) is 10.4 Å². The van der Waals surface area contributed by atoms with Crippen molar-refractivity contribution >= 4 is 23.3 Å². The molecule has 1 amide bonds. The zero-order valence-electron chi connectivity index (χ0n) is 12.1. The SMILES string of the molecule is O=C(COc1ccc([N+](=O)[O-])cc1)Nc1ccc(C(=O)O)cc1O. The van der Waals surface area contributed by atoms with Crippen LogP contribution in [-0.4, -0.2) is 33.6 Å². The van der Waals surface area contributed by atoms with Crippen molar-refractivity contribution < 1.29 is 29.5 Å². The molecule has 0 radical (unpaired) electrons. The van der Waals surface area contributed by atoms with E-state index in [2.05, 4.69) is 5.32 Å². The van der Waals surface area contributed by atoms with Gasteiger partial charge in [0.1, 0.15) is 11.5 Å². The summed E-state index contributed by atoms with van der Waals surface area (Å²) in [5.41, 5.74) is -0.180. The molecule has 0 fully saturated rings. The maximum atomic E-state index is 11.8. The molecule has 2 aromatic rings. The van der Waals surface area contributed by atoms with Crippen molar-refractivity contribution in [1.29, 1.82) is 0 Å². The minimum Gasteiger partial charge on any atom is -0.506 e. The number of phenols is 1. The number of carbonyl (C=O) groups excluding carboxylic acids is 1. The molecule has 2 aromatic carbocycles. The van der Waals surface area contributed by atoms with E-state index >= 15 is 0 Å². The Bertz CT molecular complexity index is 787. The maximum Gasteiger partial charge on any atom is 0.335 e. The van der Waals surface area contributed by atoms with Gasteiger partial charge in [0.2, 0.25) is 0 Å². The fraction of sp³-hybridized carbons (Fsp3) is 0.0667. The van der Waals surface area contributed by atoms with Crippen LogP contribution in [0.4, 0.5) is 11.4 Å². The first-order valence-corrected chi connectivity index (χ1v) is 6.60. The molecule has 0 saturated heterocycles. The number of carboxylic acid groups (broad SMARTS) is 1. The van der Waals surface area contributed by atoms with Gasteiger partial charge in [-0.05, 0) is 30.3 Å². The zero-order chi connectivity index (χ0) is 17.7. The minimum absolute atomic E-state index is 0.0392. The van der Waals surface area contributed by atoms with Gasteiger partial charge in [-0.25, -0.2) is 4.79 Å². The summed E-state index contributed by atoms with van der Waals surface area (Å²) in [6.45, 7) is -0.391. The number of benzene rings is 2. The number of nitro groups is 1. The zero-order valence-corrected chi connectivity index (χ0v) is 12.1. The molecule has 0 heterocycles. The Morgan fingerprint density at radius 2 is 1.83 bits per heavy atom. The molecule has 0 aromatic heterocycles. The van der Waals surface area contributed by atoms with Gasteiger partial charge in [-0.1, -0.05) is 0 Å². The number of carbonyl (C=O) groups is 2. The van der Waals surface area contributed by atoms with E-state index in [9.17, 15) is 24.8 Å². The number of amides is 1. The first-order chi connectivity index (χ1) is 11.4. The lowest BCUT2D eigenvalue weighted by Gasteiger charge is -2.09. The van der Waals surface area contributed by atoms with Crippen molar-refractivity contribution in [2.75, 3.05) is 11.9 Å². The van der Waals surface area contributed by atoms with E-state index in [1.165, 1.54) is 36.4 Å². The summed E-state index contributed by atoms with van der Waals surface area (Å²) >= 11 is 0. The number of aromatic carboxylic acids is 1. The fourth-order valence-electron chi connectivity index (χ4n) is 1.77. The Morgan fingerprint density at radius 1 is 1.17 bits per heavy atom. The molecule has 0 aliphatic carbocycles. The molecule has 0 atom stereocenters. The highest BCUT2D eigenvalue weighted by Gasteiger charge is 2.11. The van der Waals surface area contributed by atoms with Gasteiger partial charge in [-0.3, -0.25) is 14.9 Å². The fourth-order valence-corrected chi connectivity index (χ4v) is 1.77. The highest BCUT2D eigenvalue weighted by molar-refractivity contribution is 5.95. The Hall–Kier alpha value is -3.62. The van der Waals surface area contributed by atoms with Gasteiger partial charge in [0.15, 0.2) is 6.61 Å². The number of nitrogens with zero attached hydrogens (tertiary/aromatic N) is 1. The van der Waals surface area contributed by atoms with Gasteiger partial charge < -0.3 is 20.3 Å². The van der Waals surface area contributed by atoms with Crippen molar-refractivity contribution in [3.8, 4) is 11.5 Å². The molecular formula is C15H12N2O7. The van der Waals surface area contributed by atoms with Crippen molar-refractivity contribution in [3.05, 3.63) is 58.1 Å². The lowest BCUT2D eigenvalue weighted by atomic mass is 10.2. The monoisotopic (exact) mass is 332 g/mol. The van der Waals surface area contributed by atoms with Crippen LogP contribution in [0.2, 0.25) is 0 Å². The molecule has 124 valence electrons. The van der Waals surface area contributed by atoms with Gasteiger partial charge in [-0.15, -0.1) is 0 Å². The van der Waals surface area contributed by atoms with Gasteiger partial charge in [-0.2, -0.15) is 0 Å². The molecule has 0 aliphatic rings. The number of phenolic OH excluding ortho intramolecular Hbond substituents is 1. The first kappa shape index (κ1) is 16.7. The second kappa shape index (κ2) is 7.09. The van der Waals surface area contributed by atoms with Gasteiger partial charge in [0, 0.05) is 12.1 Å². The van der Waals surface area contributed by atoms with E-state index < -0.39 is 29.2 Å². The van der Waals surface area contributed by atoms with Crippen LogP contribution < -0.4 is 10.1 Å². The van der Waals surface area contributed by atoms with Gasteiger partial charge >= 0.3 is 5.97 Å². The van der Waals surface area contributed by atoms with E-state index in [1.807, 2.05) is 0 Å². The summed E-state index contributed by atoms with van der Waals surface area (Å²) in [5.74, 6) is -1.92. The predicted molar refractivity (Wildman–Crippen MR) is 82.3 cm³/mol. The van der Waals surface area contributed by atoms with Crippen molar-refractivity contribution in [1.82, 2.24) is 0 Å². The molecule has 0 saturated carbocycles. The second-order valence-corrected chi connectivity index (χ2v) is 4.62. The molecule has 24 heavy (non-hydrogen) atoms. The van der Waals surface area contributed by atoms with Crippen molar-refractivity contribution in [2.24, 2.45) is 0 Å². The number of ether oxygens (including phenoxy) is 1. The molecule has 0 unspecified atom stereocenters. The minimum atomic E-state index is -1.20. The quantitative estimate of drug-likeness (QED) is 0.417. The average Bonchev–Trinajstić information content (AvgIpc) is 2.55. The lowest BCUT2D eigenvalue weighted by Crippen LogP contribution is -2.20. The van der Waals surface area contributed by atoms with Crippen molar-refractivity contribution in [3.63, 3.8) is 0 Å². The summed E-state index contributed by atoms with van der Waals surface area (Å²) in [5, 5.41) is 31.3. The average molecular weight is 332 g/mol. The predicted octanol–water partition coefficient (Wildman–Crippen LogP) is 2.02. The summed E-state index contributed by atoms with van der Waals surface area (Å²) in [6, 6.07) is 8.68. The Balaban J connectivity index is 1.93. The molecular weight excluding hydrogens is 320 g/mol. The Labute approximate surface area is 135 Å². The second-order valence-electron chi connectivity index (χ2n) is 4.62. The number of non-ortho nitro benzene ring substituents is 1. The number of rotatable bonds is 6. The lowest BCUT2D eigenvalue weighted by molar-refractivity contribution is -0.384. The highest BCUT2D eigenvalue weighted by atomic mass is 16.6. The third-order valence-corrected chi connectivity index (χ3v) is 2.94. The van der Waals surface area contributed by atoms with Crippen molar-refractivity contribution in [2.45, 2.75) is 0 Å². The smallest absolute Gasteiger partial charge is 0.335 e. The summed E-state index contributed by atoms with van der Waals surface area (Å²) in [7, 11) is 0. The highest BCUT2D eigenvalue weighted by Crippen LogP contribution is 2.24.